The smallest absolute Gasteiger partial charge is 0.353 e. The van der Waals surface area contributed by atoms with Gasteiger partial charge in [0.1, 0.15) is 5.82 Å². The number of anilines is 1. The Balaban J connectivity index is 1.17. The second-order valence-corrected chi connectivity index (χ2v) is 9.11. The van der Waals surface area contributed by atoms with Gasteiger partial charge in [0, 0.05) is 37.6 Å². The zero-order valence-electron chi connectivity index (χ0n) is 16.8. The highest BCUT2D eigenvalue weighted by Gasteiger charge is 2.40. The fourth-order valence-electron chi connectivity index (χ4n) is 4.51. The molecule has 1 aliphatic carbocycles. The molecule has 1 saturated heterocycles. The van der Waals surface area contributed by atoms with E-state index in [1.807, 2.05) is 6.07 Å². The number of fused-ring (bicyclic) bond motifs is 1. The van der Waals surface area contributed by atoms with Crippen molar-refractivity contribution in [2.24, 2.45) is 5.92 Å². The number of hydrogen-bond acceptors (Lipinski definition) is 5. The quantitative estimate of drug-likeness (QED) is 0.762. The third kappa shape index (κ3) is 5.06. The number of nitrogens with zero attached hydrogens (tertiary/aromatic N) is 3. The van der Waals surface area contributed by atoms with Crippen LogP contribution in [0.2, 0.25) is 0 Å². The first-order valence-electron chi connectivity index (χ1n) is 10.6. The minimum atomic E-state index is -4.79. The number of piperazine rings is 1. The molecule has 0 atom stereocenters. The average Bonchev–Trinajstić information content (AvgIpc) is 3.17. The molecule has 9 heteroatoms. The van der Waals surface area contributed by atoms with Gasteiger partial charge in [0.25, 0.3) is 0 Å². The first-order valence-corrected chi connectivity index (χ1v) is 11.4. The highest BCUT2D eigenvalue weighted by Crippen LogP contribution is 2.31. The van der Waals surface area contributed by atoms with Gasteiger partial charge in [0.2, 0.25) is 0 Å². The largest absolute Gasteiger partial charge is 0.471 e. The summed E-state index contributed by atoms with van der Waals surface area (Å²) in [6.07, 6.45) is -0.682. The van der Waals surface area contributed by atoms with Crippen LogP contribution in [0.5, 0.6) is 0 Å². The zero-order chi connectivity index (χ0) is 21.1. The van der Waals surface area contributed by atoms with Gasteiger partial charge in [-0.2, -0.15) is 17.5 Å². The number of carbonyl (C=O) groups excluding carboxylic acids is 1. The number of alkyl halides is 3. The third-order valence-electron chi connectivity index (χ3n) is 6.32. The van der Waals surface area contributed by atoms with Crippen LogP contribution in [0.1, 0.15) is 32.1 Å². The van der Waals surface area contributed by atoms with Crippen LogP contribution < -0.4 is 10.2 Å². The normalized spacial score (nSPS) is 23.6. The SMILES string of the molecule is O=C(N[C@H]1CC[C@H](CCN2CCN(c3nsc4ccccc34)CC2)CC1)C(F)(F)F. The summed E-state index contributed by atoms with van der Waals surface area (Å²) in [5.74, 6) is -0.184. The number of benzene rings is 1. The summed E-state index contributed by atoms with van der Waals surface area (Å²) in [5, 5.41) is 3.36. The van der Waals surface area contributed by atoms with E-state index in [-0.39, 0.29) is 6.04 Å². The first kappa shape index (κ1) is 21.4. The molecule has 1 aromatic carbocycles. The lowest BCUT2D eigenvalue weighted by Gasteiger charge is -2.36. The van der Waals surface area contributed by atoms with E-state index in [4.69, 9.17) is 0 Å². The van der Waals surface area contributed by atoms with E-state index < -0.39 is 12.1 Å². The Labute approximate surface area is 178 Å². The minimum Gasteiger partial charge on any atom is -0.353 e. The van der Waals surface area contributed by atoms with Crippen molar-refractivity contribution in [1.82, 2.24) is 14.6 Å². The van der Waals surface area contributed by atoms with Crippen LogP contribution in [-0.4, -0.2) is 60.1 Å². The van der Waals surface area contributed by atoms with Crippen LogP contribution in [0, 0.1) is 5.92 Å². The van der Waals surface area contributed by atoms with Crippen molar-refractivity contribution in [2.45, 2.75) is 44.3 Å². The van der Waals surface area contributed by atoms with Gasteiger partial charge in [0.15, 0.2) is 0 Å². The second-order valence-electron chi connectivity index (χ2n) is 8.31. The van der Waals surface area contributed by atoms with E-state index in [1.54, 1.807) is 11.5 Å². The molecule has 4 rings (SSSR count). The summed E-state index contributed by atoms with van der Waals surface area (Å²) in [5.41, 5.74) is 0. The molecular weight excluding hydrogens is 413 g/mol. The summed E-state index contributed by atoms with van der Waals surface area (Å²) in [4.78, 5) is 15.9. The molecule has 5 nitrogen and oxygen atoms in total. The molecule has 2 fully saturated rings. The molecule has 0 bridgehead atoms. The molecule has 1 saturated carbocycles. The fourth-order valence-corrected chi connectivity index (χ4v) is 5.31. The van der Waals surface area contributed by atoms with Gasteiger partial charge in [0.05, 0.1) is 4.70 Å². The van der Waals surface area contributed by atoms with Crippen molar-refractivity contribution in [3.63, 3.8) is 0 Å². The molecule has 2 aromatic rings. The van der Waals surface area contributed by atoms with Crippen LogP contribution >= 0.6 is 11.5 Å². The maximum atomic E-state index is 12.4. The van der Waals surface area contributed by atoms with E-state index in [2.05, 4.69) is 37.7 Å². The molecule has 0 unspecified atom stereocenters. The summed E-state index contributed by atoms with van der Waals surface area (Å²) < 4.78 is 43.0. The number of rotatable bonds is 5. The fraction of sp³-hybridized carbons (Fsp3) is 0.619. The van der Waals surface area contributed by atoms with Gasteiger partial charge in [-0.3, -0.25) is 9.69 Å². The van der Waals surface area contributed by atoms with Crippen LogP contribution in [0.25, 0.3) is 10.1 Å². The Bertz CT molecular complexity index is 855. The molecule has 1 aromatic heterocycles. The predicted octanol–water partition coefficient (Wildman–Crippen LogP) is 4.05. The van der Waals surface area contributed by atoms with E-state index >= 15 is 0 Å². The highest BCUT2D eigenvalue weighted by atomic mass is 32.1. The van der Waals surface area contributed by atoms with Gasteiger partial charge in [-0.1, -0.05) is 12.1 Å². The Hall–Kier alpha value is -1.87. The van der Waals surface area contributed by atoms with E-state index in [9.17, 15) is 18.0 Å². The number of amides is 1. The Morgan fingerprint density at radius 3 is 2.50 bits per heavy atom. The lowest BCUT2D eigenvalue weighted by molar-refractivity contribution is -0.174. The average molecular weight is 441 g/mol. The van der Waals surface area contributed by atoms with Crippen molar-refractivity contribution in [3.8, 4) is 0 Å². The van der Waals surface area contributed by atoms with Crippen LogP contribution in [0.4, 0.5) is 19.0 Å². The molecule has 164 valence electrons. The molecular formula is C21H27F3N4OS. The summed E-state index contributed by atoms with van der Waals surface area (Å²) in [6.45, 7) is 4.95. The first-order chi connectivity index (χ1) is 14.4. The van der Waals surface area contributed by atoms with Crippen LogP contribution in [0.15, 0.2) is 24.3 Å². The van der Waals surface area contributed by atoms with Crippen LogP contribution in [0.3, 0.4) is 0 Å². The van der Waals surface area contributed by atoms with Gasteiger partial charge < -0.3 is 10.2 Å². The van der Waals surface area contributed by atoms with Gasteiger partial charge in [-0.25, -0.2) is 0 Å². The monoisotopic (exact) mass is 440 g/mol. The Morgan fingerprint density at radius 1 is 1.10 bits per heavy atom. The molecule has 30 heavy (non-hydrogen) atoms. The molecule has 2 heterocycles. The van der Waals surface area contributed by atoms with E-state index in [0.29, 0.717) is 18.8 Å². The predicted molar refractivity (Wildman–Crippen MR) is 113 cm³/mol. The molecule has 0 radical (unpaired) electrons. The van der Waals surface area contributed by atoms with Crippen molar-refractivity contribution >= 4 is 33.3 Å². The molecule has 0 spiro atoms. The Kier molecular flexibility index (Phi) is 6.48. The molecule has 2 aliphatic rings. The molecule has 1 N–H and O–H groups in total. The van der Waals surface area contributed by atoms with Crippen LogP contribution in [-0.2, 0) is 4.79 Å². The standard InChI is InChI=1S/C21H27F3N4OS/c22-21(23,24)20(29)25-16-7-5-15(6-8-16)9-10-27-11-13-28(14-12-27)19-17-3-1-2-4-18(17)30-26-19/h1-4,15-16H,5-14H2,(H,25,29)/t15-,16-. The van der Waals surface area contributed by atoms with Crippen molar-refractivity contribution in [3.05, 3.63) is 24.3 Å². The number of nitrogens with one attached hydrogen (secondary N) is 1. The highest BCUT2D eigenvalue weighted by molar-refractivity contribution is 7.13. The lowest BCUT2D eigenvalue weighted by Crippen LogP contribution is -2.47. The van der Waals surface area contributed by atoms with Crippen molar-refractivity contribution < 1.29 is 18.0 Å². The van der Waals surface area contributed by atoms with Crippen molar-refractivity contribution in [2.75, 3.05) is 37.6 Å². The summed E-state index contributed by atoms with van der Waals surface area (Å²) in [6, 6.07) is 8.00. The van der Waals surface area contributed by atoms with Gasteiger partial charge in [-0.05, 0) is 68.2 Å². The van der Waals surface area contributed by atoms with Gasteiger partial charge in [-0.15, -0.1) is 0 Å². The van der Waals surface area contributed by atoms with Crippen molar-refractivity contribution in [1.29, 1.82) is 0 Å². The second kappa shape index (κ2) is 9.09. The lowest BCUT2D eigenvalue weighted by atomic mass is 9.84. The third-order valence-corrected chi connectivity index (χ3v) is 7.14. The maximum absolute atomic E-state index is 12.4. The van der Waals surface area contributed by atoms with Gasteiger partial charge >= 0.3 is 12.1 Å². The number of halogens is 3. The Morgan fingerprint density at radius 2 is 1.80 bits per heavy atom. The zero-order valence-corrected chi connectivity index (χ0v) is 17.6. The molecule has 1 aliphatic heterocycles. The number of hydrogen-bond donors (Lipinski definition) is 1. The number of carbonyl (C=O) groups is 1. The molecule has 1 amide bonds. The summed E-state index contributed by atoms with van der Waals surface area (Å²) in [7, 11) is 0. The summed E-state index contributed by atoms with van der Waals surface area (Å²) >= 11 is 1.55. The number of aromatic nitrogens is 1. The van der Waals surface area contributed by atoms with E-state index in [0.717, 1.165) is 57.8 Å². The topological polar surface area (TPSA) is 48.5 Å². The van der Waals surface area contributed by atoms with E-state index in [1.165, 1.54) is 10.1 Å². The minimum absolute atomic E-state index is 0.341. The maximum Gasteiger partial charge on any atom is 0.471 e.